The Morgan fingerprint density at radius 2 is 1.22 bits per heavy atom. The number of benzene rings is 4. The molecule has 2 heterocycles. The second kappa shape index (κ2) is 25.0. The first kappa shape index (κ1) is 47.8. The van der Waals surface area contributed by atoms with E-state index >= 15 is 0 Å². The van der Waals surface area contributed by atoms with Gasteiger partial charge in [0.2, 0.25) is 0 Å². The molecule has 5 unspecified atom stereocenters. The summed E-state index contributed by atoms with van der Waals surface area (Å²) in [5.74, 6) is -2.20. The molecule has 0 saturated carbocycles. The number of hydrogen-bond donors (Lipinski definition) is 0. The van der Waals surface area contributed by atoms with Crippen LogP contribution in [0.3, 0.4) is 0 Å². The van der Waals surface area contributed by atoms with Crippen LogP contribution in [0, 0.1) is 0 Å². The summed E-state index contributed by atoms with van der Waals surface area (Å²) in [7, 11) is 2.59. The van der Waals surface area contributed by atoms with Crippen LogP contribution in [0.1, 0.15) is 64.4 Å². The second-order valence-corrected chi connectivity index (χ2v) is 15.1. The van der Waals surface area contributed by atoms with E-state index < -0.39 is 85.9 Å². The van der Waals surface area contributed by atoms with Crippen molar-refractivity contribution in [1.29, 1.82) is 0 Å². The molecule has 2 fully saturated rings. The Morgan fingerprint density at radius 3 is 1.78 bits per heavy atom. The minimum atomic E-state index is -1.63. The molecule has 10 atom stereocenters. The fourth-order valence-corrected chi connectivity index (χ4v) is 7.50. The second-order valence-electron chi connectivity index (χ2n) is 15.1. The van der Waals surface area contributed by atoms with E-state index in [1.807, 2.05) is 60.7 Å². The molecule has 2 aliphatic heterocycles. The van der Waals surface area contributed by atoms with Gasteiger partial charge < -0.3 is 47.4 Å². The monoisotopic (exact) mass is 881 g/mol. The molecule has 0 bridgehead atoms. The molecule has 6 rings (SSSR count). The maximum Gasteiger partial charge on any atom is 0.338 e. The van der Waals surface area contributed by atoms with Crippen LogP contribution in [0.4, 0.5) is 0 Å². The van der Waals surface area contributed by atoms with Gasteiger partial charge in [0, 0.05) is 18.6 Å². The van der Waals surface area contributed by atoms with E-state index in [1.54, 1.807) is 60.7 Å². The van der Waals surface area contributed by atoms with Gasteiger partial charge in [0.15, 0.2) is 24.8 Å². The van der Waals surface area contributed by atoms with Crippen LogP contribution in [-0.4, -0.2) is 107 Å². The Morgan fingerprint density at radius 1 is 0.641 bits per heavy atom. The predicted octanol–water partition coefficient (Wildman–Crippen LogP) is 7.54. The molecule has 64 heavy (non-hydrogen) atoms. The minimum Gasteiger partial charge on any atom is -0.467 e. The van der Waals surface area contributed by atoms with Crippen molar-refractivity contribution in [2.75, 3.05) is 27.4 Å². The molecule has 2 saturated heterocycles. The quantitative estimate of drug-likeness (QED) is 0.0188. The van der Waals surface area contributed by atoms with E-state index in [0.717, 1.165) is 30.4 Å². The van der Waals surface area contributed by atoms with Gasteiger partial charge in [0.1, 0.15) is 43.2 Å². The Labute approximate surface area is 372 Å². The van der Waals surface area contributed by atoms with Crippen LogP contribution in [0.5, 0.6) is 0 Å². The van der Waals surface area contributed by atoms with Crippen molar-refractivity contribution < 1.29 is 61.8 Å². The summed E-state index contributed by atoms with van der Waals surface area (Å²) in [5, 5.41) is 4.03. The first-order valence-corrected chi connectivity index (χ1v) is 21.4. The zero-order valence-corrected chi connectivity index (χ0v) is 36.1. The Bertz CT molecular complexity index is 2080. The maximum absolute atomic E-state index is 14.1. The lowest BCUT2D eigenvalue weighted by Gasteiger charge is -2.48. The zero-order valence-electron chi connectivity index (χ0n) is 36.1. The summed E-state index contributed by atoms with van der Waals surface area (Å²) in [5.41, 5.74) is 11.9. The average Bonchev–Trinajstić information content (AvgIpc) is 3.34. The van der Waals surface area contributed by atoms with Crippen LogP contribution in [-0.2, 0) is 65.4 Å². The van der Waals surface area contributed by atoms with Crippen molar-refractivity contribution in [2.45, 2.75) is 107 Å². The first-order valence-electron chi connectivity index (χ1n) is 21.4. The van der Waals surface area contributed by atoms with Gasteiger partial charge in [-0.3, -0.25) is 0 Å². The fourth-order valence-electron chi connectivity index (χ4n) is 7.50. The number of unbranched alkanes of at least 4 members (excludes halogenated alkanes) is 3. The standard InChI is InChI=1S/C48H55N3O13/c1-4-5-6-19-28-57-40-41(59-30-33-22-13-8-14-23-33)43(62-45(53)35-26-17-10-18-27-35)48(64-42(40)46(54)55-2)63-38-36(31-60-44(52)34-24-15-9-16-25-34)61-47(56-3)37(50-51-49)39(38)58-29-32-20-11-7-12-21-32/h7-18,20-27,36-43,47-48H,4-6,19,28-31H2,1-3H3/t36?,37?,38-,39?,40-,41?,42?,43+,47+,48-/m1/s1. The summed E-state index contributed by atoms with van der Waals surface area (Å²) in [6.07, 6.45) is -8.27. The van der Waals surface area contributed by atoms with Crippen molar-refractivity contribution in [3.8, 4) is 0 Å². The lowest BCUT2D eigenvalue weighted by atomic mass is 9.95. The van der Waals surface area contributed by atoms with Crippen molar-refractivity contribution in [1.82, 2.24) is 0 Å². The highest BCUT2D eigenvalue weighted by molar-refractivity contribution is 5.90. The minimum absolute atomic E-state index is 0.00919. The van der Waals surface area contributed by atoms with Crippen LogP contribution in [0.25, 0.3) is 10.4 Å². The number of azide groups is 1. The van der Waals surface area contributed by atoms with E-state index in [4.69, 9.17) is 47.4 Å². The third-order valence-electron chi connectivity index (χ3n) is 10.8. The van der Waals surface area contributed by atoms with E-state index in [0.29, 0.717) is 6.42 Å². The van der Waals surface area contributed by atoms with Crippen molar-refractivity contribution in [2.24, 2.45) is 5.11 Å². The van der Waals surface area contributed by atoms with Crippen LogP contribution >= 0.6 is 0 Å². The molecule has 0 aromatic heterocycles. The zero-order chi connectivity index (χ0) is 45.1. The Kier molecular flexibility index (Phi) is 18.7. The number of carbonyl (C=O) groups excluding carboxylic acids is 3. The smallest absolute Gasteiger partial charge is 0.338 e. The normalized spacial score (nSPS) is 25.4. The average molecular weight is 882 g/mol. The number of rotatable bonds is 22. The molecular formula is C48H55N3O13. The lowest BCUT2D eigenvalue weighted by molar-refractivity contribution is -0.349. The molecule has 0 amide bonds. The van der Waals surface area contributed by atoms with E-state index in [2.05, 4.69) is 16.9 Å². The third-order valence-corrected chi connectivity index (χ3v) is 10.8. The molecule has 0 spiro atoms. The molecule has 16 nitrogen and oxygen atoms in total. The van der Waals surface area contributed by atoms with Crippen LogP contribution < -0.4 is 0 Å². The van der Waals surface area contributed by atoms with Crippen LogP contribution in [0.2, 0.25) is 0 Å². The summed E-state index contributed by atoms with van der Waals surface area (Å²) < 4.78 is 62.5. The van der Waals surface area contributed by atoms with Gasteiger partial charge in [-0.05, 0) is 47.3 Å². The highest BCUT2D eigenvalue weighted by Gasteiger charge is 2.56. The number of methoxy groups -OCH3 is 2. The maximum atomic E-state index is 14.1. The number of ether oxygens (including phenoxy) is 10. The van der Waals surface area contributed by atoms with Gasteiger partial charge in [-0.1, -0.05) is 128 Å². The number of nitrogens with zero attached hydrogens (tertiary/aromatic N) is 3. The molecule has 4 aromatic carbocycles. The number of carbonyl (C=O) groups is 3. The number of hydrogen-bond acceptors (Lipinski definition) is 14. The van der Waals surface area contributed by atoms with Gasteiger partial charge in [-0.15, -0.1) is 0 Å². The topological polar surface area (TPSA) is 192 Å². The van der Waals surface area contributed by atoms with Gasteiger partial charge >= 0.3 is 17.9 Å². The molecule has 0 N–H and O–H groups in total. The van der Waals surface area contributed by atoms with E-state index in [9.17, 15) is 19.9 Å². The van der Waals surface area contributed by atoms with Gasteiger partial charge in [0.05, 0.1) is 31.5 Å². The Balaban J connectivity index is 1.44. The van der Waals surface area contributed by atoms with Crippen LogP contribution in [0.15, 0.2) is 126 Å². The van der Waals surface area contributed by atoms with Gasteiger partial charge in [0.25, 0.3) is 0 Å². The molecule has 340 valence electrons. The number of esters is 3. The first-order chi connectivity index (χ1) is 31.3. The largest absolute Gasteiger partial charge is 0.467 e. The molecule has 0 aliphatic carbocycles. The van der Waals surface area contributed by atoms with Crippen molar-refractivity contribution in [3.63, 3.8) is 0 Å². The Hall–Kier alpha value is -5.68. The summed E-state index contributed by atoms with van der Waals surface area (Å²) in [6.45, 7) is 1.94. The van der Waals surface area contributed by atoms with E-state index in [-0.39, 0.29) is 30.9 Å². The van der Waals surface area contributed by atoms with Gasteiger partial charge in [-0.2, -0.15) is 0 Å². The molecule has 0 radical (unpaired) electrons. The lowest BCUT2D eigenvalue weighted by Crippen LogP contribution is -2.66. The van der Waals surface area contributed by atoms with E-state index in [1.165, 1.54) is 14.2 Å². The molecule has 16 heteroatoms. The summed E-state index contributed by atoms with van der Waals surface area (Å²) in [4.78, 5) is 44.4. The molecule has 2 aliphatic rings. The highest BCUT2D eigenvalue weighted by Crippen LogP contribution is 2.36. The predicted molar refractivity (Wildman–Crippen MR) is 230 cm³/mol. The fraction of sp³-hybridized carbons (Fsp3) is 0.438. The SMILES string of the molecule is CCCCCCO[C@H]1C(C(=O)OC)O[C@@H](O[C@@H]2C(COC(=O)c3ccccc3)O[C@H](OC)C(N=[N+]=[N-])C2OCc2ccccc2)[C@@H](OC(=O)c2ccccc2)C1OCc1ccccc1. The third kappa shape index (κ3) is 13.0. The molecular weight excluding hydrogens is 827 g/mol. The highest BCUT2D eigenvalue weighted by atomic mass is 16.8. The van der Waals surface area contributed by atoms with Gasteiger partial charge in [-0.25, -0.2) is 14.4 Å². The summed E-state index contributed by atoms with van der Waals surface area (Å²) >= 11 is 0. The summed E-state index contributed by atoms with van der Waals surface area (Å²) in [6, 6.07) is 34.1. The van der Waals surface area contributed by atoms with Crippen molar-refractivity contribution >= 4 is 17.9 Å². The van der Waals surface area contributed by atoms with Crippen molar-refractivity contribution in [3.05, 3.63) is 154 Å². The molecule has 4 aromatic rings.